The number of carbonyl (C=O) groups excluding carboxylic acids is 1. The van der Waals surface area contributed by atoms with Gasteiger partial charge in [-0.1, -0.05) is 64.7 Å². The standard InChI is InChI=1S/C17H34O4/c1-3-4-5-6-7-8-9-10-11-12-13-20-14-15-21-17(19)16(2)18/h16,18H,3-15H2,1-2H3. The van der Waals surface area contributed by atoms with Gasteiger partial charge in [-0.2, -0.15) is 0 Å². The number of esters is 1. The number of unbranched alkanes of at least 4 members (excludes halogenated alkanes) is 9. The van der Waals surface area contributed by atoms with Crippen LogP contribution in [0.25, 0.3) is 0 Å². The Balaban J connectivity index is 3.04. The smallest absolute Gasteiger partial charge is 0.334 e. The van der Waals surface area contributed by atoms with Crippen LogP contribution in [0.3, 0.4) is 0 Å². The average molecular weight is 302 g/mol. The van der Waals surface area contributed by atoms with Crippen LogP contribution in [0.15, 0.2) is 0 Å². The summed E-state index contributed by atoms with van der Waals surface area (Å²) >= 11 is 0. The molecule has 4 heteroatoms. The Morgan fingerprint density at radius 3 is 1.90 bits per heavy atom. The third kappa shape index (κ3) is 15.6. The lowest BCUT2D eigenvalue weighted by atomic mass is 10.1. The van der Waals surface area contributed by atoms with Crippen LogP contribution in [0, 0.1) is 0 Å². The number of carbonyl (C=O) groups is 1. The first-order valence-corrected chi connectivity index (χ1v) is 8.61. The number of aliphatic hydroxyl groups is 1. The zero-order valence-electron chi connectivity index (χ0n) is 13.9. The number of hydrogen-bond acceptors (Lipinski definition) is 4. The molecule has 0 aliphatic carbocycles. The molecule has 1 N–H and O–H groups in total. The summed E-state index contributed by atoms with van der Waals surface area (Å²) in [7, 11) is 0. The SMILES string of the molecule is CCCCCCCCCCCCOCCOC(=O)C(C)O. The number of hydrogen-bond donors (Lipinski definition) is 1. The van der Waals surface area contributed by atoms with E-state index >= 15 is 0 Å². The van der Waals surface area contributed by atoms with Crippen LogP contribution in [-0.2, 0) is 14.3 Å². The zero-order chi connectivity index (χ0) is 15.8. The minimum Gasteiger partial charge on any atom is -0.461 e. The summed E-state index contributed by atoms with van der Waals surface area (Å²) in [5.74, 6) is -0.586. The first kappa shape index (κ1) is 20.4. The van der Waals surface area contributed by atoms with Gasteiger partial charge in [0.25, 0.3) is 0 Å². The van der Waals surface area contributed by atoms with Crippen molar-refractivity contribution in [1.82, 2.24) is 0 Å². The molecule has 21 heavy (non-hydrogen) atoms. The highest BCUT2D eigenvalue weighted by Crippen LogP contribution is 2.10. The van der Waals surface area contributed by atoms with Crippen molar-refractivity contribution in [2.75, 3.05) is 19.8 Å². The minimum absolute atomic E-state index is 0.224. The average Bonchev–Trinajstić information content (AvgIpc) is 2.47. The summed E-state index contributed by atoms with van der Waals surface area (Å²) in [5, 5.41) is 8.91. The minimum atomic E-state index is -1.05. The van der Waals surface area contributed by atoms with Gasteiger partial charge in [0.05, 0.1) is 6.61 Å². The normalized spacial score (nSPS) is 12.3. The van der Waals surface area contributed by atoms with Gasteiger partial charge in [-0.05, 0) is 13.3 Å². The Bertz CT molecular complexity index is 229. The summed E-state index contributed by atoms with van der Waals surface area (Å²) in [6, 6.07) is 0. The van der Waals surface area contributed by atoms with Gasteiger partial charge in [0.2, 0.25) is 0 Å². The Morgan fingerprint density at radius 2 is 1.38 bits per heavy atom. The lowest BCUT2D eigenvalue weighted by Crippen LogP contribution is -2.21. The molecule has 0 aromatic carbocycles. The molecular formula is C17H34O4. The van der Waals surface area contributed by atoms with Crippen molar-refractivity contribution >= 4 is 5.97 Å². The molecule has 0 spiro atoms. The quantitative estimate of drug-likeness (QED) is 0.369. The highest BCUT2D eigenvalue weighted by atomic mass is 16.6. The van der Waals surface area contributed by atoms with Gasteiger partial charge >= 0.3 is 5.97 Å². The molecule has 0 bridgehead atoms. The number of rotatable bonds is 15. The van der Waals surface area contributed by atoms with E-state index in [4.69, 9.17) is 14.6 Å². The predicted octanol–water partition coefficient (Wildman–Crippen LogP) is 3.85. The summed E-state index contributed by atoms with van der Waals surface area (Å²) in [5.41, 5.74) is 0. The van der Waals surface area contributed by atoms with Crippen molar-refractivity contribution in [3.05, 3.63) is 0 Å². The summed E-state index contributed by atoms with van der Waals surface area (Å²) in [6.45, 7) is 5.01. The van der Waals surface area contributed by atoms with Gasteiger partial charge in [0.15, 0.2) is 0 Å². The molecule has 1 atom stereocenters. The van der Waals surface area contributed by atoms with Gasteiger partial charge in [-0.15, -0.1) is 0 Å². The second-order valence-corrected chi connectivity index (χ2v) is 5.64. The molecular weight excluding hydrogens is 268 g/mol. The van der Waals surface area contributed by atoms with Crippen molar-refractivity contribution in [3.8, 4) is 0 Å². The van der Waals surface area contributed by atoms with E-state index in [1.54, 1.807) is 0 Å². The Labute approximate surface area is 130 Å². The lowest BCUT2D eigenvalue weighted by molar-refractivity contribution is -0.154. The van der Waals surface area contributed by atoms with Crippen LogP contribution < -0.4 is 0 Å². The maximum atomic E-state index is 10.9. The van der Waals surface area contributed by atoms with Crippen molar-refractivity contribution in [1.29, 1.82) is 0 Å². The lowest BCUT2D eigenvalue weighted by Gasteiger charge is -2.07. The van der Waals surface area contributed by atoms with Gasteiger partial charge in [-0.25, -0.2) is 4.79 Å². The van der Waals surface area contributed by atoms with Crippen molar-refractivity contribution in [2.24, 2.45) is 0 Å². The molecule has 0 saturated heterocycles. The topological polar surface area (TPSA) is 55.8 Å². The first-order chi connectivity index (χ1) is 10.2. The van der Waals surface area contributed by atoms with Crippen molar-refractivity contribution < 1.29 is 19.4 Å². The molecule has 0 aromatic heterocycles. The van der Waals surface area contributed by atoms with Gasteiger partial charge in [-0.3, -0.25) is 0 Å². The highest BCUT2D eigenvalue weighted by molar-refractivity contribution is 5.73. The van der Waals surface area contributed by atoms with Crippen molar-refractivity contribution in [3.63, 3.8) is 0 Å². The monoisotopic (exact) mass is 302 g/mol. The maximum Gasteiger partial charge on any atom is 0.334 e. The molecule has 0 saturated carbocycles. The molecule has 1 unspecified atom stereocenters. The maximum absolute atomic E-state index is 10.9. The Morgan fingerprint density at radius 1 is 0.857 bits per heavy atom. The molecule has 126 valence electrons. The summed E-state index contributed by atoms with van der Waals surface area (Å²) in [6.07, 6.45) is 12.1. The van der Waals surface area contributed by atoms with E-state index in [2.05, 4.69) is 6.92 Å². The molecule has 0 radical (unpaired) electrons. The van der Waals surface area contributed by atoms with Gasteiger partial charge in [0, 0.05) is 6.61 Å². The van der Waals surface area contributed by atoms with E-state index < -0.39 is 12.1 Å². The molecule has 0 amide bonds. The van der Waals surface area contributed by atoms with Crippen LogP contribution in [-0.4, -0.2) is 37.0 Å². The van der Waals surface area contributed by atoms with E-state index in [0.29, 0.717) is 6.61 Å². The van der Waals surface area contributed by atoms with E-state index in [-0.39, 0.29) is 6.61 Å². The highest BCUT2D eigenvalue weighted by Gasteiger charge is 2.08. The van der Waals surface area contributed by atoms with E-state index in [0.717, 1.165) is 13.0 Å². The number of aliphatic hydroxyl groups excluding tert-OH is 1. The van der Waals surface area contributed by atoms with Crippen molar-refractivity contribution in [2.45, 2.75) is 84.2 Å². The number of ether oxygens (including phenoxy) is 2. The fourth-order valence-corrected chi connectivity index (χ4v) is 2.12. The van der Waals surface area contributed by atoms with Crippen LogP contribution in [0.1, 0.15) is 78.1 Å². The molecule has 0 aromatic rings. The molecule has 0 aliphatic heterocycles. The molecule has 0 rings (SSSR count). The van der Waals surface area contributed by atoms with Crippen LogP contribution >= 0.6 is 0 Å². The van der Waals surface area contributed by atoms with Crippen LogP contribution in [0.5, 0.6) is 0 Å². The van der Waals surface area contributed by atoms with Gasteiger partial charge in [0.1, 0.15) is 12.7 Å². The van der Waals surface area contributed by atoms with E-state index in [9.17, 15) is 4.79 Å². The zero-order valence-corrected chi connectivity index (χ0v) is 13.9. The molecule has 4 nitrogen and oxygen atoms in total. The second-order valence-electron chi connectivity index (χ2n) is 5.64. The second kappa shape index (κ2) is 15.8. The van der Waals surface area contributed by atoms with Gasteiger partial charge < -0.3 is 14.6 Å². The summed E-state index contributed by atoms with van der Waals surface area (Å²) < 4.78 is 10.2. The predicted molar refractivity (Wildman–Crippen MR) is 85.3 cm³/mol. The fraction of sp³-hybridized carbons (Fsp3) is 0.941. The third-order valence-corrected chi connectivity index (χ3v) is 3.46. The third-order valence-electron chi connectivity index (χ3n) is 3.46. The Kier molecular flexibility index (Phi) is 15.3. The first-order valence-electron chi connectivity index (χ1n) is 8.61. The van der Waals surface area contributed by atoms with Crippen LogP contribution in [0.4, 0.5) is 0 Å². The molecule has 0 heterocycles. The fourth-order valence-electron chi connectivity index (χ4n) is 2.12. The largest absolute Gasteiger partial charge is 0.461 e. The van der Waals surface area contributed by atoms with Crippen LogP contribution in [0.2, 0.25) is 0 Å². The van der Waals surface area contributed by atoms with E-state index in [1.807, 2.05) is 0 Å². The summed E-state index contributed by atoms with van der Waals surface area (Å²) in [4.78, 5) is 10.9. The molecule has 0 aliphatic rings. The Hall–Kier alpha value is -0.610. The molecule has 0 fully saturated rings. The van der Waals surface area contributed by atoms with E-state index in [1.165, 1.54) is 64.7 Å².